The van der Waals surface area contributed by atoms with Gasteiger partial charge in [-0.25, -0.2) is 4.98 Å². The van der Waals surface area contributed by atoms with Crippen molar-refractivity contribution in [1.29, 1.82) is 0 Å². The molecule has 0 aliphatic carbocycles. The van der Waals surface area contributed by atoms with Crippen molar-refractivity contribution in [2.24, 2.45) is 11.1 Å². The van der Waals surface area contributed by atoms with Gasteiger partial charge in [0.25, 0.3) is 5.91 Å². The number of nitrogens with two attached hydrogens (primary N) is 1. The average molecular weight is 419 g/mol. The van der Waals surface area contributed by atoms with Crippen molar-refractivity contribution in [3.8, 4) is 5.75 Å². The summed E-state index contributed by atoms with van der Waals surface area (Å²) in [6.07, 6.45) is 0.941. The standard InChI is InChI=1S/C17H22N4O2S.2ClH/c1-17(10-18)7-8-21(11-17)15(22)14-9-24-16(20-14)19-12-3-5-13(23-2)6-4-12;;/h3-6,9H,7-8,10-11,18H2,1-2H3,(H,19,20);2*1H. The van der Waals surface area contributed by atoms with Gasteiger partial charge >= 0.3 is 0 Å². The molecule has 1 aliphatic rings. The monoisotopic (exact) mass is 418 g/mol. The van der Waals surface area contributed by atoms with Crippen LogP contribution in [0.15, 0.2) is 29.6 Å². The van der Waals surface area contributed by atoms with E-state index in [0.29, 0.717) is 23.9 Å². The summed E-state index contributed by atoms with van der Waals surface area (Å²) >= 11 is 1.42. The fourth-order valence-electron chi connectivity index (χ4n) is 2.75. The molecule has 1 aromatic carbocycles. The number of methoxy groups -OCH3 is 1. The molecule has 26 heavy (non-hydrogen) atoms. The van der Waals surface area contributed by atoms with Gasteiger partial charge in [-0.05, 0) is 42.6 Å². The molecule has 1 unspecified atom stereocenters. The number of likely N-dealkylation sites (tertiary alicyclic amines) is 1. The van der Waals surface area contributed by atoms with Crippen LogP contribution in [-0.4, -0.2) is 42.5 Å². The SMILES string of the molecule is COc1ccc(Nc2nc(C(=O)N3CCC(C)(CN)C3)cs2)cc1.Cl.Cl. The van der Waals surface area contributed by atoms with Gasteiger partial charge in [-0.3, -0.25) is 4.79 Å². The van der Waals surface area contributed by atoms with E-state index in [1.165, 1.54) is 11.3 Å². The zero-order valence-electron chi connectivity index (χ0n) is 14.7. The fraction of sp³-hybridized carbons (Fsp3) is 0.412. The Bertz CT molecular complexity index is 726. The molecule has 1 fully saturated rings. The Balaban J connectivity index is 0.00000169. The summed E-state index contributed by atoms with van der Waals surface area (Å²) in [6.45, 7) is 4.16. The van der Waals surface area contributed by atoms with Gasteiger partial charge < -0.3 is 20.7 Å². The summed E-state index contributed by atoms with van der Waals surface area (Å²) in [5, 5.41) is 5.71. The van der Waals surface area contributed by atoms with Crippen molar-refractivity contribution in [3.05, 3.63) is 35.3 Å². The maximum absolute atomic E-state index is 12.6. The highest BCUT2D eigenvalue weighted by atomic mass is 35.5. The van der Waals surface area contributed by atoms with Crippen molar-refractivity contribution in [1.82, 2.24) is 9.88 Å². The summed E-state index contributed by atoms with van der Waals surface area (Å²) in [5.41, 5.74) is 7.22. The molecule has 0 saturated carbocycles. The van der Waals surface area contributed by atoms with E-state index in [4.69, 9.17) is 10.5 Å². The lowest BCUT2D eigenvalue weighted by Crippen LogP contribution is -2.34. The molecule has 144 valence electrons. The maximum Gasteiger partial charge on any atom is 0.273 e. The highest BCUT2D eigenvalue weighted by molar-refractivity contribution is 7.14. The van der Waals surface area contributed by atoms with Gasteiger partial charge in [-0.2, -0.15) is 0 Å². The summed E-state index contributed by atoms with van der Waals surface area (Å²) in [4.78, 5) is 18.9. The number of rotatable bonds is 5. The van der Waals surface area contributed by atoms with E-state index in [1.54, 1.807) is 12.5 Å². The minimum Gasteiger partial charge on any atom is -0.497 e. The number of carbonyl (C=O) groups excluding carboxylic acids is 1. The van der Waals surface area contributed by atoms with Gasteiger partial charge in [0.05, 0.1) is 7.11 Å². The molecule has 1 atom stereocenters. The summed E-state index contributed by atoms with van der Waals surface area (Å²) < 4.78 is 5.14. The number of nitrogens with zero attached hydrogens (tertiary/aromatic N) is 2. The molecule has 0 spiro atoms. The average Bonchev–Trinajstić information content (AvgIpc) is 3.22. The predicted molar refractivity (Wildman–Crippen MR) is 111 cm³/mol. The molecule has 1 saturated heterocycles. The van der Waals surface area contributed by atoms with E-state index in [1.807, 2.05) is 29.2 Å². The van der Waals surface area contributed by atoms with Crippen LogP contribution in [0, 0.1) is 5.41 Å². The predicted octanol–water partition coefficient (Wildman–Crippen LogP) is 3.55. The van der Waals surface area contributed by atoms with E-state index < -0.39 is 0 Å². The van der Waals surface area contributed by atoms with Gasteiger partial charge in [-0.15, -0.1) is 36.2 Å². The van der Waals surface area contributed by atoms with Gasteiger partial charge in [0.1, 0.15) is 11.4 Å². The van der Waals surface area contributed by atoms with E-state index in [2.05, 4.69) is 17.2 Å². The second-order valence-electron chi connectivity index (χ2n) is 6.38. The number of aromatic nitrogens is 1. The number of anilines is 2. The molecule has 1 amide bonds. The van der Waals surface area contributed by atoms with Crippen LogP contribution >= 0.6 is 36.2 Å². The third-order valence-corrected chi connectivity index (χ3v) is 5.16. The van der Waals surface area contributed by atoms with E-state index in [9.17, 15) is 4.79 Å². The first-order valence-electron chi connectivity index (χ1n) is 7.89. The first-order chi connectivity index (χ1) is 11.5. The topological polar surface area (TPSA) is 80.5 Å². The third kappa shape index (κ3) is 5.01. The molecule has 1 aliphatic heterocycles. The molecular formula is C17H24Cl2N4O2S. The molecule has 9 heteroatoms. The normalized spacial score (nSPS) is 18.7. The Labute approximate surface area is 169 Å². The number of hydrogen-bond donors (Lipinski definition) is 2. The molecule has 3 rings (SSSR count). The summed E-state index contributed by atoms with van der Waals surface area (Å²) in [6, 6.07) is 7.57. The first kappa shape index (κ1) is 22.5. The number of amides is 1. The lowest BCUT2D eigenvalue weighted by atomic mass is 9.90. The Morgan fingerprint density at radius 1 is 1.38 bits per heavy atom. The molecule has 1 aromatic heterocycles. The molecule has 3 N–H and O–H groups in total. The van der Waals surface area contributed by atoms with Crippen LogP contribution in [0.2, 0.25) is 0 Å². The fourth-order valence-corrected chi connectivity index (χ4v) is 3.46. The number of thiazole rings is 1. The van der Waals surface area contributed by atoms with Crippen molar-refractivity contribution in [2.75, 3.05) is 32.1 Å². The van der Waals surface area contributed by atoms with Crippen LogP contribution in [0.5, 0.6) is 5.75 Å². The van der Waals surface area contributed by atoms with E-state index in [-0.39, 0.29) is 36.1 Å². The van der Waals surface area contributed by atoms with Crippen LogP contribution in [0.4, 0.5) is 10.8 Å². The Kier molecular flexibility index (Phi) is 8.15. The van der Waals surface area contributed by atoms with Crippen molar-refractivity contribution in [3.63, 3.8) is 0 Å². The van der Waals surface area contributed by atoms with Crippen molar-refractivity contribution >= 4 is 52.9 Å². The zero-order chi connectivity index (χ0) is 17.2. The summed E-state index contributed by atoms with van der Waals surface area (Å²) in [5.74, 6) is 0.777. The number of ether oxygens (including phenoxy) is 1. The third-order valence-electron chi connectivity index (χ3n) is 4.40. The Morgan fingerprint density at radius 2 is 2.08 bits per heavy atom. The second-order valence-corrected chi connectivity index (χ2v) is 7.24. The highest BCUT2D eigenvalue weighted by Crippen LogP contribution is 2.30. The smallest absolute Gasteiger partial charge is 0.273 e. The Morgan fingerprint density at radius 3 is 2.65 bits per heavy atom. The van der Waals surface area contributed by atoms with Gasteiger partial charge in [0.15, 0.2) is 5.13 Å². The molecule has 6 nitrogen and oxygen atoms in total. The van der Waals surface area contributed by atoms with Crippen molar-refractivity contribution in [2.45, 2.75) is 13.3 Å². The quantitative estimate of drug-likeness (QED) is 0.775. The van der Waals surface area contributed by atoms with Crippen LogP contribution in [0.25, 0.3) is 0 Å². The molecule has 2 aromatic rings. The lowest BCUT2D eigenvalue weighted by Gasteiger charge is -2.22. The minimum absolute atomic E-state index is 0. The van der Waals surface area contributed by atoms with Crippen LogP contribution in [-0.2, 0) is 0 Å². The lowest BCUT2D eigenvalue weighted by molar-refractivity contribution is 0.0772. The maximum atomic E-state index is 12.6. The molecule has 0 radical (unpaired) electrons. The number of carbonyl (C=O) groups is 1. The highest BCUT2D eigenvalue weighted by Gasteiger charge is 2.35. The van der Waals surface area contributed by atoms with E-state index in [0.717, 1.165) is 24.4 Å². The summed E-state index contributed by atoms with van der Waals surface area (Å²) in [7, 11) is 1.63. The minimum atomic E-state index is -0.0220. The van der Waals surface area contributed by atoms with Gasteiger partial charge in [0.2, 0.25) is 0 Å². The second kappa shape index (κ2) is 9.41. The molecular weight excluding hydrogens is 395 g/mol. The molecule has 0 bridgehead atoms. The number of hydrogen-bond acceptors (Lipinski definition) is 6. The Hall–Kier alpha value is -1.54. The van der Waals surface area contributed by atoms with Crippen LogP contribution in [0.1, 0.15) is 23.8 Å². The van der Waals surface area contributed by atoms with Crippen LogP contribution < -0.4 is 15.8 Å². The largest absolute Gasteiger partial charge is 0.497 e. The zero-order valence-corrected chi connectivity index (χ0v) is 17.2. The van der Waals surface area contributed by atoms with Gasteiger partial charge in [0, 0.05) is 24.2 Å². The van der Waals surface area contributed by atoms with Gasteiger partial charge in [-0.1, -0.05) is 6.92 Å². The first-order valence-corrected chi connectivity index (χ1v) is 8.77. The van der Waals surface area contributed by atoms with E-state index >= 15 is 0 Å². The number of benzene rings is 1. The molecule has 2 heterocycles. The van der Waals surface area contributed by atoms with Crippen LogP contribution in [0.3, 0.4) is 0 Å². The number of nitrogens with one attached hydrogen (secondary N) is 1. The van der Waals surface area contributed by atoms with Crippen molar-refractivity contribution < 1.29 is 9.53 Å². The number of halogens is 2.